The fourth-order valence-corrected chi connectivity index (χ4v) is 2.88. The summed E-state index contributed by atoms with van der Waals surface area (Å²) in [6.07, 6.45) is 6.79. The summed E-state index contributed by atoms with van der Waals surface area (Å²) in [4.78, 5) is 23.2. The van der Waals surface area contributed by atoms with Gasteiger partial charge in [0.05, 0.1) is 0 Å². The van der Waals surface area contributed by atoms with E-state index in [1.165, 1.54) is 6.08 Å². The van der Waals surface area contributed by atoms with Gasteiger partial charge >= 0.3 is 5.97 Å². The van der Waals surface area contributed by atoms with Gasteiger partial charge in [-0.15, -0.1) is 0 Å². The topological polar surface area (TPSA) is 59.3 Å². The molecule has 1 aromatic heterocycles. The van der Waals surface area contributed by atoms with Crippen molar-refractivity contribution in [3.05, 3.63) is 39.8 Å². The van der Waals surface area contributed by atoms with Crippen LogP contribution in [0.1, 0.15) is 62.7 Å². The lowest BCUT2D eigenvalue weighted by Gasteiger charge is -2.21. The number of pyridine rings is 1. The Morgan fingerprint density at radius 2 is 2.00 bits per heavy atom. The van der Waals surface area contributed by atoms with Crippen LogP contribution >= 0.6 is 0 Å². The molecule has 0 amide bonds. The number of carbonyl (C=O) groups is 1. The van der Waals surface area contributed by atoms with Gasteiger partial charge in [-0.25, -0.2) is 4.79 Å². The Labute approximate surface area is 118 Å². The molecule has 0 saturated heterocycles. The van der Waals surface area contributed by atoms with Gasteiger partial charge in [-0.1, -0.05) is 26.7 Å². The van der Waals surface area contributed by atoms with Crippen molar-refractivity contribution in [3.63, 3.8) is 0 Å². The highest BCUT2D eigenvalue weighted by molar-refractivity contribution is 5.85. The molecule has 1 aromatic rings. The van der Waals surface area contributed by atoms with Crippen LogP contribution in [0.15, 0.2) is 23.0 Å². The second kappa shape index (κ2) is 6.07. The largest absolute Gasteiger partial charge is 0.478 e. The highest BCUT2D eigenvalue weighted by Crippen LogP contribution is 2.31. The zero-order chi connectivity index (χ0) is 14.7. The minimum absolute atomic E-state index is 0.0689. The summed E-state index contributed by atoms with van der Waals surface area (Å²) in [5.74, 6) is -0.759. The SMILES string of the molecule is CC(C)c1ccc(/C=C/C(=O)O)c(=O)n1C1CCCC1. The van der Waals surface area contributed by atoms with Crippen LogP contribution in [0.5, 0.6) is 0 Å². The molecule has 0 aliphatic heterocycles. The maximum absolute atomic E-state index is 12.6. The monoisotopic (exact) mass is 275 g/mol. The van der Waals surface area contributed by atoms with E-state index in [4.69, 9.17) is 5.11 Å². The molecule has 20 heavy (non-hydrogen) atoms. The second-order valence-corrected chi connectivity index (χ2v) is 5.65. The summed E-state index contributed by atoms with van der Waals surface area (Å²) < 4.78 is 1.89. The van der Waals surface area contributed by atoms with E-state index in [9.17, 15) is 9.59 Å². The number of aromatic nitrogens is 1. The quantitative estimate of drug-likeness (QED) is 0.858. The van der Waals surface area contributed by atoms with Crippen molar-refractivity contribution in [1.82, 2.24) is 4.57 Å². The molecule has 2 rings (SSSR count). The smallest absolute Gasteiger partial charge is 0.328 e. The number of hydrogen-bond acceptors (Lipinski definition) is 2. The zero-order valence-corrected chi connectivity index (χ0v) is 12.0. The predicted octanol–water partition coefficient (Wildman–Crippen LogP) is 3.18. The number of rotatable bonds is 4. The van der Waals surface area contributed by atoms with E-state index in [0.29, 0.717) is 5.56 Å². The van der Waals surface area contributed by atoms with Crippen molar-refractivity contribution in [1.29, 1.82) is 0 Å². The van der Waals surface area contributed by atoms with E-state index in [1.54, 1.807) is 6.07 Å². The Morgan fingerprint density at radius 1 is 1.35 bits per heavy atom. The molecule has 1 N–H and O–H groups in total. The first-order valence-corrected chi connectivity index (χ1v) is 7.17. The van der Waals surface area contributed by atoms with E-state index in [2.05, 4.69) is 13.8 Å². The van der Waals surface area contributed by atoms with Crippen molar-refractivity contribution in [3.8, 4) is 0 Å². The third kappa shape index (κ3) is 3.00. The molecule has 0 bridgehead atoms. The van der Waals surface area contributed by atoms with Crippen LogP contribution in [0.2, 0.25) is 0 Å². The summed E-state index contributed by atoms with van der Waals surface area (Å²) >= 11 is 0. The number of nitrogens with zero attached hydrogens (tertiary/aromatic N) is 1. The zero-order valence-electron chi connectivity index (χ0n) is 12.0. The Morgan fingerprint density at radius 3 is 2.55 bits per heavy atom. The normalized spacial score (nSPS) is 16.4. The summed E-state index contributed by atoms with van der Waals surface area (Å²) in [6.45, 7) is 4.15. The summed E-state index contributed by atoms with van der Waals surface area (Å²) in [5, 5.41) is 8.69. The molecule has 4 nitrogen and oxygen atoms in total. The number of hydrogen-bond donors (Lipinski definition) is 1. The first-order valence-electron chi connectivity index (χ1n) is 7.17. The van der Waals surface area contributed by atoms with E-state index in [-0.39, 0.29) is 17.5 Å². The molecule has 1 aliphatic rings. The second-order valence-electron chi connectivity index (χ2n) is 5.65. The van der Waals surface area contributed by atoms with Crippen LogP contribution in [0, 0.1) is 0 Å². The number of aliphatic carboxylic acids is 1. The third-order valence-corrected chi connectivity index (χ3v) is 3.86. The van der Waals surface area contributed by atoms with Crippen LogP contribution in [-0.4, -0.2) is 15.6 Å². The van der Waals surface area contributed by atoms with Gasteiger partial charge in [-0.2, -0.15) is 0 Å². The van der Waals surface area contributed by atoms with Crippen LogP contribution in [0.3, 0.4) is 0 Å². The highest BCUT2D eigenvalue weighted by Gasteiger charge is 2.22. The van der Waals surface area contributed by atoms with Crippen LogP contribution < -0.4 is 5.56 Å². The molecule has 1 saturated carbocycles. The predicted molar refractivity (Wildman–Crippen MR) is 79.0 cm³/mol. The molecule has 0 aromatic carbocycles. The summed E-state index contributed by atoms with van der Waals surface area (Å²) in [6, 6.07) is 3.94. The molecule has 4 heteroatoms. The number of carboxylic acids is 1. The lowest BCUT2D eigenvalue weighted by atomic mass is 10.1. The Hall–Kier alpha value is -1.84. The van der Waals surface area contributed by atoms with Crippen LogP contribution in [0.4, 0.5) is 0 Å². The van der Waals surface area contributed by atoms with E-state index < -0.39 is 5.97 Å². The lowest BCUT2D eigenvalue weighted by molar-refractivity contribution is -0.131. The first-order chi connectivity index (χ1) is 9.50. The molecule has 1 heterocycles. The molecule has 0 unspecified atom stereocenters. The van der Waals surface area contributed by atoms with E-state index in [0.717, 1.165) is 37.5 Å². The van der Waals surface area contributed by atoms with Crippen molar-refractivity contribution >= 4 is 12.0 Å². The van der Waals surface area contributed by atoms with Gasteiger partial charge in [-0.3, -0.25) is 4.79 Å². The van der Waals surface area contributed by atoms with Crippen LogP contribution in [0.25, 0.3) is 6.08 Å². The minimum Gasteiger partial charge on any atom is -0.478 e. The summed E-state index contributed by atoms with van der Waals surface area (Å²) in [5.41, 5.74) is 1.42. The maximum atomic E-state index is 12.6. The average molecular weight is 275 g/mol. The minimum atomic E-state index is -1.04. The molecule has 0 radical (unpaired) electrons. The Kier molecular flexibility index (Phi) is 4.42. The first kappa shape index (κ1) is 14.6. The van der Waals surface area contributed by atoms with Crippen molar-refractivity contribution in [2.24, 2.45) is 0 Å². The van der Waals surface area contributed by atoms with E-state index in [1.807, 2.05) is 10.6 Å². The lowest BCUT2D eigenvalue weighted by Crippen LogP contribution is -2.28. The van der Waals surface area contributed by atoms with Crippen LogP contribution in [-0.2, 0) is 4.79 Å². The van der Waals surface area contributed by atoms with Gasteiger partial charge in [0.15, 0.2) is 0 Å². The maximum Gasteiger partial charge on any atom is 0.328 e. The average Bonchev–Trinajstić information content (AvgIpc) is 2.90. The standard InChI is InChI=1S/C16H21NO3/c1-11(2)14-9-7-12(8-10-15(18)19)16(20)17(14)13-5-3-4-6-13/h7-11,13H,3-6H2,1-2H3,(H,18,19)/b10-8+. The molecule has 0 atom stereocenters. The third-order valence-electron chi connectivity index (χ3n) is 3.86. The fraction of sp³-hybridized carbons (Fsp3) is 0.500. The van der Waals surface area contributed by atoms with Gasteiger partial charge < -0.3 is 9.67 Å². The van der Waals surface area contributed by atoms with Gasteiger partial charge in [-0.05, 0) is 37.0 Å². The molecular weight excluding hydrogens is 254 g/mol. The van der Waals surface area contributed by atoms with Gasteiger partial charge in [0, 0.05) is 23.4 Å². The van der Waals surface area contributed by atoms with Gasteiger partial charge in [0.2, 0.25) is 0 Å². The Balaban J connectivity index is 2.51. The van der Waals surface area contributed by atoms with Crippen molar-refractivity contribution in [2.45, 2.75) is 51.5 Å². The molecular formula is C16H21NO3. The molecule has 0 spiro atoms. The Bertz CT molecular complexity index is 578. The van der Waals surface area contributed by atoms with Gasteiger partial charge in [0.25, 0.3) is 5.56 Å². The molecule has 108 valence electrons. The molecule has 1 aliphatic carbocycles. The van der Waals surface area contributed by atoms with Crippen molar-refractivity contribution in [2.75, 3.05) is 0 Å². The fourth-order valence-electron chi connectivity index (χ4n) is 2.88. The summed E-state index contributed by atoms with van der Waals surface area (Å²) in [7, 11) is 0. The molecule has 1 fully saturated rings. The highest BCUT2D eigenvalue weighted by atomic mass is 16.4. The number of carboxylic acid groups (broad SMARTS) is 1. The van der Waals surface area contributed by atoms with Crippen molar-refractivity contribution < 1.29 is 9.90 Å². The van der Waals surface area contributed by atoms with E-state index >= 15 is 0 Å². The van der Waals surface area contributed by atoms with Gasteiger partial charge in [0.1, 0.15) is 0 Å².